The summed E-state index contributed by atoms with van der Waals surface area (Å²) in [6.07, 6.45) is 4.40. The predicted molar refractivity (Wildman–Crippen MR) is 110 cm³/mol. The predicted octanol–water partition coefficient (Wildman–Crippen LogP) is 2.94. The number of thiol groups is 1. The van der Waals surface area contributed by atoms with Crippen molar-refractivity contribution in [1.29, 1.82) is 0 Å². The number of ketones is 2. The van der Waals surface area contributed by atoms with Crippen molar-refractivity contribution in [3.05, 3.63) is 0 Å². The first-order chi connectivity index (χ1) is 12.2. The number of hydrogen-bond donors (Lipinski definition) is 0. The van der Waals surface area contributed by atoms with E-state index in [0.717, 1.165) is 6.42 Å². The second-order valence-corrected chi connectivity index (χ2v) is 12.9. The minimum absolute atomic E-state index is 0.236. The van der Waals surface area contributed by atoms with Crippen molar-refractivity contribution >= 4 is 33.4 Å². The van der Waals surface area contributed by atoms with Crippen molar-refractivity contribution in [3.8, 4) is 0 Å². The second kappa shape index (κ2) is 7.79. The lowest BCUT2D eigenvalue weighted by atomic mass is 9.70. The molecule has 27 heavy (non-hydrogen) atoms. The summed E-state index contributed by atoms with van der Waals surface area (Å²) >= 11 is 1.69. The van der Waals surface area contributed by atoms with Crippen LogP contribution in [0.4, 0.5) is 0 Å². The van der Waals surface area contributed by atoms with Gasteiger partial charge in [0.05, 0.1) is 0 Å². The summed E-state index contributed by atoms with van der Waals surface area (Å²) in [6, 6.07) is 0. The van der Waals surface area contributed by atoms with Gasteiger partial charge in [-0.25, -0.2) is 0 Å². The smallest absolute Gasteiger partial charge is 0.278 e. The average molecular weight is 420 g/mol. The first-order valence-electron chi connectivity index (χ1n) is 9.84. The topological polar surface area (TPSA) is 77.5 Å². The molecule has 2 saturated carbocycles. The Balaban J connectivity index is 0.000000451. The lowest BCUT2D eigenvalue weighted by Crippen LogP contribution is -2.41. The minimum Gasteiger partial charge on any atom is -0.297 e. The molecule has 0 N–H and O–H groups in total. The van der Waals surface area contributed by atoms with Crippen LogP contribution in [0.5, 0.6) is 0 Å². The maximum atomic E-state index is 12.6. The van der Waals surface area contributed by atoms with E-state index >= 15 is 0 Å². The van der Waals surface area contributed by atoms with Crippen molar-refractivity contribution in [3.63, 3.8) is 0 Å². The van der Waals surface area contributed by atoms with Gasteiger partial charge in [-0.05, 0) is 48.8 Å². The summed E-state index contributed by atoms with van der Waals surface area (Å²) in [7, 11) is -4.07. The Morgan fingerprint density at radius 2 is 1.74 bits per heavy atom. The number of Topliss-reactive ketones (excluding diaryl/α,β-unsaturated/α-hetero) is 2. The summed E-state index contributed by atoms with van der Waals surface area (Å²) in [4.78, 5) is 24.5. The Labute approximate surface area is 168 Å². The number of rotatable bonds is 4. The maximum Gasteiger partial charge on any atom is 0.278 e. The van der Waals surface area contributed by atoms with Crippen molar-refractivity contribution in [2.45, 2.75) is 72.5 Å². The van der Waals surface area contributed by atoms with Crippen LogP contribution in [0.25, 0.3) is 0 Å². The molecule has 0 aromatic carbocycles. The van der Waals surface area contributed by atoms with Crippen LogP contribution in [0.2, 0.25) is 0 Å². The summed E-state index contributed by atoms with van der Waals surface area (Å²) in [5, 5.41) is -1.13. The normalized spacial score (nSPS) is 32.3. The van der Waals surface area contributed by atoms with Gasteiger partial charge in [0.25, 0.3) is 10.1 Å². The summed E-state index contributed by atoms with van der Waals surface area (Å²) in [5.41, 5.74) is -1.65. The number of carbonyl (C=O) groups excluding carboxylic acids is 2. The third-order valence-corrected chi connectivity index (χ3v) is 9.73. The summed E-state index contributed by atoms with van der Waals surface area (Å²) in [5.74, 6) is 2.16. The molecule has 2 bridgehead atoms. The van der Waals surface area contributed by atoms with E-state index in [1.165, 1.54) is 24.3 Å². The van der Waals surface area contributed by atoms with Crippen molar-refractivity contribution in [2.24, 2.45) is 22.2 Å². The van der Waals surface area contributed by atoms with Crippen LogP contribution in [-0.2, 0) is 35.7 Å². The van der Waals surface area contributed by atoms with E-state index in [0.29, 0.717) is 6.42 Å². The quantitative estimate of drug-likeness (QED) is 0.398. The highest BCUT2D eigenvalue weighted by Gasteiger charge is 2.69. The lowest BCUT2D eigenvalue weighted by molar-refractivity contribution is -0.129. The van der Waals surface area contributed by atoms with Crippen molar-refractivity contribution in [2.75, 3.05) is 18.1 Å². The molecule has 3 fully saturated rings. The van der Waals surface area contributed by atoms with Gasteiger partial charge in [0.1, 0.15) is 23.4 Å². The van der Waals surface area contributed by atoms with E-state index in [4.69, 9.17) is 4.18 Å². The molecule has 3 unspecified atom stereocenters. The first kappa shape index (κ1) is 22.9. The van der Waals surface area contributed by atoms with Crippen LogP contribution in [0.3, 0.4) is 0 Å². The zero-order valence-corrected chi connectivity index (χ0v) is 19.2. The van der Waals surface area contributed by atoms with Crippen molar-refractivity contribution in [1.82, 2.24) is 0 Å². The number of hydrogen-bond acceptors (Lipinski definition) is 5. The van der Waals surface area contributed by atoms with E-state index in [-0.39, 0.29) is 22.9 Å². The Hall–Kier alpha value is -0.400. The molecule has 2 aliphatic carbocycles. The fourth-order valence-electron chi connectivity index (χ4n) is 4.32. The Kier molecular flexibility index (Phi) is 6.60. The molecule has 0 radical (unpaired) electrons. The highest BCUT2D eigenvalue weighted by molar-refractivity contribution is 7.88. The average Bonchev–Trinajstić information content (AvgIpc) is 3.22. The fraction of sp³-hybridized carbons (Fsp3) is 0.900. The van der Waals surface area contributed by atoms with E-state index in [1.807, 2.05) is 20.8 Å². The highest BCUT2D eigenvalue weighted by atomic mass is 32.2. The van der Waals surface area contributed by atoms with Crippen LogP contribution >= 0.6 is 0 Å². The first-order valence-corrected chi connectivity index (χ1v) is 12.6. The largest absolute Gasteiger partial charge is 0.297 e. The molecule has 1 saturated heterocycles. The molecule has 3 aliphatic rings. The fourth-order valence-corrected chi connectivity index (χ4v) is 7.26. The Morgan fingerprint density at radius 3 is 2.11 bits per heavy atom. The van der Waals surface area contributed by atoms with Gasteiger partial charge in [-0.1, -0.05) is 41.5 Å². The molecule has 1 heterocycles. The van der Waals surface area contributed by atoms with Crippen LogP contribution < -0.4 is 0 Å². The second-order valence-electron chi connectivity index (χ2n) is 9.79. The van der Waals surface area contributed by atoms with E-state index in [2.05, 4.69) is 0 Å². The van der Waals surface area contributed by atoms with Crippen LogP contribution in [0.1, 0.15) is 67.2 Å². The van der Waals surface area contributed by atoms with Gasteiger partial charge in [0.2, 0.25) is 0 Å². The van der Waals surface area contributed by atoms with E-state index in [1.54, 1.807) is 32.5 Å². The van der Waals surface area contributed by atoms with Crippen LogP contribution in [0, 0.1) is 22.2 Å². The van der Waals surface area contributed by atoms with Gasteiger partial charge in [0, 0.05) is 10.8 Å². The van der Waals surface area contributed by atoms with Gasteiger partial charge in [-0.15, -0.1) is 0 Å². The molecule has 0 spiro atoms. The van der Waals surface area contributed by atoms with Gasteiger partial charge >= 0.3 is 0 Å². The third kappa shape index (κ3) is 4.30. The summed E-state index contributed by atoms with van der Waals surface area (Å²) in [6.45, 7) is 10.4. The van der Waals surface area contributed by atoms with E-state index in [9.17, 15) is 18.0 Å². The molecule has 1 aliphatic heterocycles. The number of fused-ring (bicyclic) bond motifs is 2. The third-order valence-electron chi connectivity index (χ3n) is 6.86. The zero-order chi connectivity index (χ0) is 20.7. The molecule has 0 aromatic rings. The molecule has 0 aromatic heterocycles. The minimum atomic E-state index is -4.07. The lowest BCUT2D eigenvalue weighted by Gasteiger charge is -2.32. The van der Waals surface area contributed by atoms with Crippen LogP contribution in [0.15, 0.2) is 0 Å². The van der Waals surface area contributed by atoms with E-state index < -0.39 is 32.8 Å². The number of carbonyl (C=O) groups is 2. The van der Waals surface area contributed by atoms with Gasteiger partial charge < -0.3 is 0 Å². The van der Waals surface area contributed by atoms with Crippen LogP contribution in [-0.4, -0.2) is 43.3 Å². The Morgan fingerprint density at radius 1 is 1.19 bits per heavy atom. The monoisotopic (exact) mass is 419 g/mol. The van der Waals surface area contributed by atoms with Gasteiger partial charge in [-0.3, -0.25) is 13.8 Å². The van der Waals surface area contributed by atoms with Crippen molar-refractivity contribution < 1.29 is 22.2 Å². The van der Waals surface area contributed by atoms with Gasteiger partial charge in [0.15, 0.2) is 11.6 Å². The molecule has 0 amide bonds. The SMILES string of the molecule is C1CC[SH+]C1.CC(C)(C)C(=O)COS(=O)(=O)C1C(=O)C2(C)CCC1C2(C)C. The Bertz CT molecular complexity index is 678. The summed E-state index contributed by atoms with van der Waals surface area (Å²) < 4.78 is 30.0. The molecule has 156 valence electrons. The molecule has 5 nitrogen and oxygen atoms in total. The highest BCUT2D eigenvalue weighted by Crippen LogP contribution is 2.65. The molecule has 3 atom stereocenters. The standard InChI is InChI=1S/C16H26O5S.C4H8S/c1-14(2,3)11(17)9-21-22(19,20)12-10-7-8-16(6,13(12)18)15(10,4)5;1-2-4-5-3-1/h10,12H,7-9H2,1-6H3;1-4H2/p+1. The zero-order valence-electron chi connectivity index (χ0n) is 17.5. The van der Waals surface area contributed by atoms with Gasteiger partial charge in [-0.2, -0.15) is 8.42 Å². The molecular weight excluding hydrogens is 384 g/mol. The molecular formula is C20H35O5S2+. The maximum absolute atomic E-state index is 12.6. The molecule has 3 rings (SSSR count). The molecule has 7 heteroatoms.